The molecule has 0 aliphatic heterocycles. The minimum Gasteiger partial charge on any atom is -0.451 e. The summed E-state index contributed by atoms with van der Waals surface area (Å²) in [5.41, 5.74) is 0.0363. The Balaban J connectivity index is 2.00. The molecule has 8 heteroatoms. The van der Waals surface area contributed by atoms with E-state index in [0.717, 1.165) is 6.07 Å². The molecule has 4 nitrogen and oxygen atoms in total. The maximum Gasteiger partial charge on any atom is 0.418 e. The molecule has 1 heterocycles. The first-order chi connectivity index (χ1) is 12.6. The Morgan fingerprint density at radius 3 is 2.48 bits per heavy atom. The van der Waals surface area contributed by atoms with Gasteiger partial charge in [-0.2, -0.15) is 13.2 Å². The summed E-state index contributed by atoms with van der Waals surface area (Å²) in [6.45, 7) is 1.65. The number of nitrogens with one attached hydrogen (secondary N) is 1. The zero-order valence-corrected chi connectivity index (χ0v) is 15.5. The highest BCUT2D eigenvalue weighted by Crippen LogP contribution is 2.37. The van der Waals surface area contributed by atoms with Crippen LogP contribution in [-0.4, -0.2) is 20.0 Å². The predicted molar refractivity (Wildman–Crippen MR) is 99.7 cm³/mol. The summed E-state index contributed by atoms with van der Waals surface area (Å²) in [4.78, 5) is 14.1. The first kappa shape index (κ1) is 19.1. The van der Waals surface area contributed by atoms with Crippen molar-refractivity contribution >= 4 is 39.9 Å². The fraction of sp³-hybridized carbons (Fsp3) is 0.211. The molecular formula is C19H16ClF3N2O2. The van der Waals surface area contributed by atoms with Crippen LogP contribution >= 0.6 is 11.6 Å². The van der Waals surface area contributed by atoms with E-state index < -0.39 is 17.6 Å². The summed E-state index contributed by atoms with van der Waals surface area (Å²) < 4.78 is 45.8. The molecule has 0 saturated carbocycles. The van der Waals surface area contributed by atoms with Gasteiger partial charge in [0.25, 0.3) is 5.91 Å². The van der Waals surface area contributed by atoms with Gasteiger partial charge in [0.2, 0.25) is 0 Å². The summed E-state index contributed by atoms with van der Waals surface area (Å²) in [7, 11) is 3.27. The fourth-order valence-electron chi connectivity index (χ4n) is 2.74. The van der Waals surface area contributed by atoms with Crippen LogP contribution in [0.1, 0.15) is 21.7 Å². The summed E-state index contributed by atoms with van der Waals surface area (Å²) in [5, 5.41) is 3.41. The monoisotopic (exact) mass is 396 g/mol. The van der Waals surface area contributed by atoms with Gasteiger partial charge >= 0.3 is 6.18 Å². The quantitative estimate of drug-likeness (QED) is 0.614. The zero-order chi connectivity index (χ0) is 19.9. The van der Waals surface area contributed by atoms with E-state index in [1.165, 1.54) is 12.1 Å². The van der Waals surface area contributed by atoms with Crippen molar-refractivity contribution in [2.45, 2.75) is 13.1 Å². The van der Waals surface area contributed by atoms with Crippen molar-refractivity contribution in [1.29, 1.82) is 0 Å². The van der Waals surface area contributed by atoms with Crippen LogP contribution in [0.2, 0.25) is 5.02 Å². The second-order valence-electron chi connectivity index (χ2n) is 6.27. The fourth-order valence-corrected chi connectivity index (χ4v) is 2.91. The molecule has 0 atom stereocenters. The standard InChI is InChI=1S/C19H16ClF3N2O2/c1-10-13-8-11(20)4-7-16(13)27-17(10)18(26)24-15-6-5-12(25(2)3)9-14(15)19(21,22)23/h4-9H,1-3H3,(H,24,26). The topological polar surface area (TPSA) is 45.5 Å². The lowest BCUT2D eigenvalue weighted by Gasteiger charge is -2.18. The molecule has 3 rings (SSSR count). The van der Waals surface area contributed by atoms with E-state index in [2.05, 4.69) is 5.32 Å². The lowest BCUT2D eigenvalue weighted by Crippen LogP contribution is -2.18. The van der Waals surface area contributed by atoms with Gasteiger partial charge in [-0.25, -0.2) is 0 Å². The Morgan fingerprint density at radius 1 is 1.15 bits per heavy atom. The van der Waals surface area contributed by atoms with Crippen molar-refractivity contribution in [2.24, 2.45) is 0 Å². The lowest BCUT2D eigenvalue weighted by molar-refractivity contribution is -0.136. The number of nitrogens with zero attached hydrogens (tertiary/aromatic N) is 1. The normalized spacial score (nSPS) is 11.7. The van der Waals surface area contributed by atoms with Gasteiger partial charge < -0.3 is 14.6 Å². The number of fused-ring (bicyclic) bond motifs is 1. The number of benzene rings is 2. The highest BCUT2D eigenvalue weighted by Gasteiger charge is 2.35. The molecule has 0 spiro atoms. The third-order valence-corrected chi connectivity index (χ3v) is 4.41. The van der Waals surface area contributed by atoms with Crippen molar-refractivity contribution < 1.29 is 22.4 Å². The Morgan fingerprint density at radius 2 is 1.85 bits per heavy atom. The molecule has 0 fully saturated rings. The molecule has 0 aliphatic rings. The van der Waals surface area contributed by atoms with Gasteiger partial charge in [0.15, 0.2) is 5.76 Å². The molecule has 0 bridgehead atoms. The minimum atomic E-state index is -4.62. The van der Waals surface area contributed by atoms with E-state index in [1.807, 2.05) is 0 Å². The number of hydrogen-bond acceptors (Lipinski definition) is 3. The minimum absolute atomic E-state index is 0.0583. The van der Waals surface area contributed by atoms with Gasteiger partial charge in [-0.1, -0.05) is 11.6 Å². The molecule has 0 saturated heterocycles. The van der Waals surface area contributed by atoms with E-state index in [1.54, 1.807) is 44.1 Å². The number of anilines is 2. The molecule has 0 radical (unpaired) electrons. The number of carbonyl (C=O) groups is 1. The van der Waals surface area contributed by atoms with Crippen LogP contribution in [0.3, 0.4) is 0 Å². The van der Waals surface area contributed by atoms with Crippen molar-refractivity contribution in [2.75, 3.05) is 24.3 Å². The number of rotatable bonds is 3. The number of alkyl halides is 3. The average Bonchev–Trinajstić information content (AvgIpc) is 2.90. The third-order valence-electron chi connectivity index (χ3n) is 4.18. The Labute approximate surface area is 158 Å². The second-order valence-corrected chi connectivity index (χ2v) is 6.71. The van der Waals surface area contributed by atoms with Crippen LogP contribution in [0.4, 0.5) is 24.5 Å². The van der Waals surface area contributed by atoms with E-state index in [9.17, 15) is 18.0 Å². The maximum atomic E-state index is 13.4. The molecule has 0 unspecified atom stereocenters. The average molecular weight is 397 g/mol. The number of carbonyl (C=O) groups excluding carboxylic acids is 1. The molecule has 1 N–H and O–H groups in total. The first-order valence-electron chi connectivity index (χ1n) is 7.96. The van der Waals surface area contributed by atoms with Gasteiger partial charge in [-0.05, 0) is 43.3 Å². The molecule has 3 aromatic rings. The van der Waals surface area contributed by atoms with Crippen LogP contribution in [0.25, 0.3) is 11.0 Å². The van der Waals surface area contributed by atoms with Gasteiger partial charge in [0, 0.05) is 35.8 Å². The summed E-state index contributed by atoms with van der Waals surface area (Å²) in [6, 6.07) is 8.56. The molecule has 1 amide bonds. The number of halogens is 4. The van der Waals surface area contributed by atoms with Crippen LogP contribution in [0.15, 0.2) is 40.8 Å². The van der Waals surface area contributed by atoms with Crippen LogP contribution in [0, 0.1) is 6.92 Å². The summed E-state index contributed by atoms with van der Waals surface area (Å²) in [6.07, 6.45) is -4.62. The summed E-state index contributed by atoms with van der Waals surface area (Å²) >= 11 is 5.95. The number of furan rings is 1. The van der Waals surface area contributed by atoms with Crippen LogP contribution < -0.4 is 10.2 Å². The van der Waals surface area contributed by atoms with E-state index >= 15 is 0 Å². The van der Waals surface area contributed by atoms with Gasteiger partial charge in [-0.15, -0.1) is 0 Å². The highest BCUT2D eigenvalue weighted by molar-refractivity contribution is 6.31. The number of amides is 1. The smallest absolute Gasteiger partial charge is 0.418 e. The van der Waals surface area contributed by atoms with E-state index in [-0.39, 0.29) is 11.4 Å². The maximum absolute atomic E-state index is 13.4. The van der Waals surface area contributed by atoms with Crippen LogP contribution in [-0.2, 0) is 6.18 Å². The summed E-state index contributed by atoms with van der Waals surface area (Å²) in [5.74, 6) is -0.819. The highest BCUT2D eigenvalue weighted by atomic mass is 35.5. The van der Waals surface area contributed by atoms with Gasteiger partial charge in [-0.3, -0.25) is 4.79 Å². The molecular weight excluding hydrogens is 381 g/mol. The first-order valence-corrected chi connectivity index (χ1v) is 8.34. The SMILES string of the molecule is Cc1c(C(=O)Nc2ccc(N(C)C)cc2C(F)(F)F)oc2ccc(Cl)cc12. The van der Waals surface area contributed by atoms with Crippen LogP contribution in [0.5, 0.6) is 0 Å². The Hall–Kier alpha value is -2.67. The molecule has 1 aromatic heterocycles. The molecule has 0 aliphatic carbocycles. The third kappa shape index (κ3) is 3.73. The lowest BCUT2D eigenvalue weighted by atomic mass is 10.1. The second kappa shape index (κ2) is 6.81. The molecule has 142 valence electrons. The van der Waals surface area contributed by atoms with Gasteiger partial charge in [0.1, 0.15) is 5.58 Å². The van der Waals surface area contributed by atoms with Gasteiger partial charge in [0.05, 0.1) is 11.3 Å². The van der Waals surface area contributed by atoms with Crippen molar-refractivity contribution in [3.8, 4) is 0 Å². The Kier molecular flexibility index (Phi) is 4.82. The van der Waals surface area contributed by atoms with Crippen molar-refractivity contribution in [3.05, 3.63) is 58.3 Å². The zero-order valence-electron chi connectivity index (χ0n) is 14.7. The molecule has 27 heavy (non-hydrogen) atoms. The Bertz CT molecular complexity index is 1030. The largest absolute Gasteiger partial charge is 0.451 e. The molecule has 2 aromatic carbocycles. The number of aryl methyl sites for hydroxylation is 1. The van der Waals surface area contributed by atoms with E-state index in [4.69, 9.17) is 16.0 Å². The number of hydrogen-bond donors (Lipinski definition) is 1. The van der Waals surface area contributed by atoms with Crippen molar-refractivity contribution in [1.82, 2.24) is 0 Å². The predicted octanol–water partition coefficient (Wildman–Crippen LogP) is 5.73. The van der Waals surface area contributed by atoms with Crippen molar-refractivity contribution in [3.63, 3.8) is 0 Å². The van der Waals surface area contributed by atoms with E-state index in [0.29, 0.717) is 27.2 Å².